The van der Waals surface area contributed by atoms with Crippen LogP contribution in [0.15, 0.2) is 30.0 Å². The summed E-state index contributed by atoms with van der Waals surface area (Å²) in [5.74, 6) is -0.829. The number of carbonyl (C=O) groups excluding carboxylic acids is 2. The molecule has 5 nitrogen and oxygen atoms in total. The van der Waals surface area contributed by atoms with Gasteiger partial charge in [0, 0.05) is 18.4 Å². The summed E-state index contributed by atoms with van der Waals surface area (Å²) in [7, 11) is 0. The van der Waals surface area contributed by atoms with Crippen molar-refractivity contribution in [1.29, 1.82) is 0 Å². The number of aryl methyl sites for hydroxylation is 1. The third kappa shape index (κ3) is 4.62. The van der Waals surface area contributed by atoms with Gasteiger partial charge in [-0.2, -0.15) is 0 Å². The van der Waals surface area contributed by atoms with Crippen LogP contribution in [0.1, 0.15) is 51.2 Å². The van der Waals surface area contributed by atoms with Crippen LogP contribution in [-0.4, -0.2) is 31.7 Å². The molecule has 136 valence electrons. The Labute approximate surface area is 149 Å². The maximum atomic E-state index is 12.2. The minimum Gasteiger partial charge on any atom is -0.462 e. The first-order valence-corrected chi connectivity index (χ1v) is 8.93. The molecule has 0 bridgehead atoms. The van der Waals surface area contributed by atoms with Crippen LogP contribution < -0.4 is 4.90 Å². The lowest BCUT2D eigenvalue weighted by Gasteiger charge is -2.29. The Morgan fingerprint density at radius 3 is 2.36 bits per heavy atom. The molecule has 0 N–H and O–H groups in total. The average Bonchev–Trinajstić information content (AvgIpc) is 2.59. The zero-order chi connectivity index (χ0) is 18.4. The lowest BCUT2D eigenvalue weighted by Crippen LogP contribution is -2.28. The van der Waals surface area contributed by atoms with Gasteiger partial charge in [-0.1, -0.05) is 26.0 Å². The second-order valence-corrected chi connectivity index (χ2v) is 6.32. The SMILES string of the molecule is CCOC(=O)C(=CN1CCCc2cc(C(C)C)ccc21)C(=O)OCC. The highest BCUT2D eigenvalue weighted by Crippen LogP contribution is 2.31. The first-order chi connectivity index (χ1) is 12.0. The van der Waals surface area contributed by atoms with Crippen molar-refractivity contribution in [3.63, 3.8) is 0 Å². The molecule has 1 heterocycles. The highest BCUT2D eigenvalue weighted by atomic mass is 16.6. The Hall–Kier alpha value is -2.30. The molecule has 25 heavy (non-hydrogen) atoms. The van der Waals surface area contributed by atoms with Crippen LogP contribution in [0.4, 0.5) is 5.69 Å². The Balaban J connectivity index is 2.37. The van der Waals surface area contributed by atoms with E-state index in [1.54, 1.807) is 20.0 Å². The number of ether oxygens (including phenoxy) is 2. The van der Waals surface area contributed by atoms with Crippen molar-refractivity contribution in [3.8, 4) is 0 Å². The van der Waals surface area contributed by atoms with Gasteiger partial charge < -0.3 is 14.4 Å². The smallest absolute Gasteiger partial charge is 0.347 e. The van der Waals surface area contributed by atoms with Crippen molar-refractivity contribution >= 4 is 17.6 Å². The molecule has 0 amide bonds. The predicted octanol–water partition coefficient (Wildman–Crippen LogP) is 3.57. The van der Waals surface area contributed by atoms with Gasteiger partial charge in [0.15, 0.2) is 5.57 Å². The number of benzene rings is 1. The van der Waals surface area contributed by atoms with Crippen LogP contribution in [0.3, 0.4) is 0 Å². The van der Waals surface area contributed by atoms with Crippen molar-refractivity contribution in [2.45, 2.75) is 46.5 Å². The van der Waals surface area contributed by atoms with Crippen LogP contribution in [0.2, 0.25) is 0 Å². The van der Waals surface area contributed by atoms with E-state index >= 15 is 0 Å². The lowest BCUT2D eigenvalue weighted by molar-refractivity contribution is -0.146. The van der Waals surface area contributed by atoms with Crippen molar-refractivity contribution in [3.05, 3.63) is 41.1 Å². The minimum absolute atomic E-state index is 0.0653. The third-order valence-corrected chi connectivity index (χ3v) is 4.20. The molecule has 1 aliphatic heterocycles. The summed E-state index contributed by atoms with van der Waals surface area (Å²) in [5.41, 5.74) is 3.49. The number of rotatable bonds is 6. The fourth-order valence-electron chi connectivity index (χ4n) is 2.90. The Morgan fingerprint density at radius 2 is 1.80 bits per heavy atom. The summed E-state index contributed by atoms with van der Waals surface area (Å²) in [6, 6.07) is 6.38. The molecule has 1 aliphatic rings. The molecule has 0 radical (unpaired) electrons. The number of esters is 2. The zero-order valence-electron chi connectivity index (χ0n) is 15.5. The molecule has 0 saturated carbocycles. The molecule has 0 aromatic heterocycles. The standard InChI is InChI=1S/C20H27NO4/c1-5-24-19(22)17(20(23)25-6-2)13-21-11-7-8-16-12-15(14(3)4)9-10-18(16)21/h9-10,12-14H,5-8,11H2,1-4H3. The molecule has 2 rings (SSSR count). The van der Waals surface area contributed by atoms with Crippen LogP contribution in [-0.2, 0) is 25.5 Å². The van der Waals surface area contributed by atoms with E-state index in [4.69, 9.17) is 9.47 Å². The second kappa shape index (κ2) is 8.70. The first-order valence-electron chi connectivity index (χ1n) is 8.93. The van der Waals surface area contributed by atoms with Gasteiger partial charge in [-0.15, -0.1) is 0 Å². The number of nitrogens with zero attached hydrogens (tertiary/aromatic N) is 1. The van der Waals surface area contributed by atoms with E-state index < -0.39 is 11.9 Å². The monoisotopic (exact) mass is 345 g/mol. The van der Waals surface area contributed by atoms with Crippen LogP contribution >= 0.6 is 0 Å². The largest absolute Gasteiger partial charge is 0.462 e. The number of hydrogen-bond donors (Lipinski definition) is 0. The van der Waals surface area contributed by atoms with Crippen molar-refractivity contribution in [1.82, 2.24) is 0 Å². The van der Waals surface area contributed by atoms with Crippen molar-refractivity contribution < 1.29 is 19.1 Å². The van der Waals surface area contributed by atoms with Crippen molar-refractivity contribution in [2.24, 2.45) is 0 Å². The molecule has 1 aromatic rings. The first kappa shape index (κ1) is 19.0. The molecular formula is C20H27NO4. The molecule has 0 spiro atoms. The van der Waals surface area contributed by atoms with E-state index in [0.29, 0.717) is 5.92 Å². The van der Waals surface area contributed by atoms with Gasteiger partial charge in [0.1, 0.15) is 0 Å². The van der Waals surface area contributed by atoms with Gasteiger partial charge in [0.05, 0.1) is 13.2 Å². The molecule has 0 unspecified atom stereocenters. The molecule has 0 saturated heterocycles. The molecule has 0 aliphatic carbocycles. The second-order valence-electron chi connectivity index (χ2n) is 6.32. The molecule has 5 heteroatoms. The Kier molecular flexibility index (Phi) is 6.62. The molecular weight excluding hydrogens is 318 g/mol. The van der Waals surface area contributed by atoms with Gasteiger partial charge in [-0.05, 0) is 49.8 Å². The summed E-state index contributed by atoms with van der Waals surface area (Å²) >= 11 is 0. The summed E-state index contributed by atoms with van der Waals surface area (Å²) < 4.78 is 10.0. The number of carbonyl (C=O) groups is 2. The van der Waals surface area contributed by atoms with E-state index in [0.717, 1.165) is 25.1 Å². The molecule has 1 aromatic carbocycles. The van der Waals surface area contributed by atoms with E-state index in [2.05, 4.69) is 32.0 Å². The van der Waals surface area contributed by atoms with Gasteiger partial charge in [0.25, 0.3) is 0 Å². The minimum atomic E-state index is -0.646. The van der Waals surface area contributed by atoms with E-state index in [9.17, 15) is 9.59 Å². The highest BCUT2D eigenvalue weighted by Gasteiger charge is 2.24. The van der Waals surface area contributed by atoms with Crippen LogP contribution in [0.25, 0.3) is 0 Å². The average molecular weight is 345 g/mol. The van der Waals surface area contributed by atoms with Crippen molar-refractivity contribution in [2.75, 3.05) is 24.7 Å². The maximum absolute atomic E-state index is 12.2. The van der Waals surface area contributed by atoms with E-state index in [-0.39, 0.29) is 18.8 Å². The number of hydrogen-bond acceptors (Lipinski definition) is 5. The van der Waals surface area contributed by atoms with Gasteiger partial charge in [-0.3, -0.25) is 0 Å². The Morgan fingerprint density at radius 1 is 1.16 bits per heavy atom. The summed E-state index contributed by atoms with van der Waals surface area (Å²) in [6.45, 7) is 8.93. The molecule has 0 atom stereocenters. The molecule has 0 fully saturated rings. The van der Waals surface area contributed by atoms with Gasteiger partial charge >= 0.3 is 11.9 Å². The number of anilines is 1. The summed E-state index contributed by atoms with van der Waals surface area (Å²) in [6.07, 6.45) is 3.53. The quantitative estimate of drug-likeness (QED) is 0.341. The van der Waals surface area contributed by atoms with Crippen LogP contribution in [0.5, 0.6) is 0 Å². The zero-order valence-corrected chi connectivity index (χ0v) is 15.5. The van der Waals surface area contributed by atoms with Gasteiger partial charge in [0.2, 0.25) is 0 Å². The van der Waals surface area contributed by atoms with Crippen LogP contribution in [0, 0.1) is 0 Å². The highest BCUT2D eigenvalue weighted by molar-refractivity contribution is 6.14. The fourth-order valence-corrected chi connectivity index (χ4v) is 2.90. The topological polar surface area (TPSA) is 55.8 Å². The normalized spacial score (nSPS) is 13.2. The Bertz CT molecular complexity index is 644. The summed E-state index contributed by atoms with van der Waals surface area (Å²) in [5, 5.41) is 0. The fraction of sp³-hybridized carbons (Fsp3) is 0.500. The number of fused-ring (bicyclic) bond motifs is 1. The van der Waals surface area contributed by atoms with Gasteiger partial charge in [-0.25, -0.2) is 9.59 Å². The van der Waals surface area contributed by atoms with E-state index in [1.807, 2.05) is 4.90 Å². The predicted molar refractivity (Wildman–Crippen MR) is 97.5 cm³/mol. The summed E-state index contributed by atoms with van der Waals surface area (Å²) in [4.78, 5) is 26.3. The maximum Gasteiger partial charge on any atom is 0.347 e. The third-order valence-electron chi connectivity index (χ3n) is 4.20. The van der Waals surface area contributed by atoms with E-state index in [1.165, 1.54) is 11.1 Å². The lowest BCUT2D eigenvalue weighted by atomic mass is 9.95.